The second-order valence-electron chi connectivity index (χ2n) is 8.10. The Morgan fingerprint density at radius 3 is 2.48 bits per heavy atom. The Balaban J connectivity index is 1.79. The van der Waals surface area contributed by atoms with E-state index in [1.54, 1.807) is 30.3 Å². The fraction of sp³-hybridized carbons (Fsp3) is 0.458. The van der Waals surface area contributed by atoms with Crippen LogP contribution in [0.15, 0.2) is 42.5 Å². The van der Waals surface area contributed by atoms with Crippen molar-refractivity contribution in [3.8, 4) is 17.2 Å². The van der Waals surface area contributed by atoms with E-state index in [0.29, 0.717) is 23.5 Å². The number of hydrogen-bond acceptors (Lipinski definition) is 6. The highest BCUT2D eigenvalue weighted by atomic mass is 32.2. The molecule has 8 nitrogen and oxygen atoms in total. The summed E-state index contributed by atoms with van der Waals surface area (Å²) in [5, 5.41) is 12.4. The van der Waals surface area contributed by atoms with Gasteiger partial charge in [0, 0.05) is 6.42 Å². The SMILES string of the molecule is CCCCS(=O)(=O)Nc1c(CCC(=O)O)cccc1Oc1ccc(OC2CCNCC2)cc1. The minimum Gasteiger partial charge on any atom is -0.490 e. The minimum absolute atomic E-state index is 0.0150. The molecule has 0 amide bonds. The van der Waals surface area contributed by atoms with E-state index in [-0.39, 0.29) is 30.4 Å². The van der Waals surface area contributed by atoms with Crippen LogP contribution in [0.3, 0.4) is 0 Å². The topological polar surface area (TPSA) is 114 Å². The molecule has 0 aromatic heterocycles. The molecule has 2 aromatic carbocycles. The van der Waals surface area contributed by atoms with Gasteiger partial charge < -0.3 is 19.9 Å². The van der Waals surface area contributed by atoms with Crippen LogP contribution in [0.4, 0.5) is 5.69 Å². The molecule has 1 heterocycles. The summed E-state index contributed by atoms with van der Waals surface area (Å²) in [5.74, 6) is 0.635. The van der Waals surface area contributed by atoms with Gasteiger partial charge in [-0.3, -0.25) is 9.52 Å². The van der Waals surface area contributed by atoms with E-state index in [2.05, 4.69) is 10.0 Å². The van der Waals surface area contributed by atoms with Crippen molar-refractivity contribution in [2.45, 2.75) is 51.6 Å². The molecular weight excluding hydrogens is 444 g/mol. The van der Waals surface area contributed by atoms with Gasteiger partial charge in [-0.05, 0) is 74.7 Å². The molecule has 0 aliphatic carbocycles. The highest BCUT2D eigenvalue weighted by Crippen LogP contribution is 2.35. The van der Waals surface area contributed by atoms with Crippen molar-refractivity contribution >= 4 is 21.7 Å². The molecule has 3 rings (SSSR count). The molecule has 0 radical (unpaired) electrons. The number of piperidine rings is 1. The number of benzene rings is 2. The fourth-order valence-corrected chi connectivity index (χ4v) is 4.90. The highest BCUT2D eigenvalue weighted by Gasteiger charge is 2.19. The quantitative estimate of drug-likeness (QED) is 0.421. The van der Waals surface area contributed by atoms with Gasteiger partial charge >= 0.3 is 5.97 Å². The Morgan fingerprint density at radius 1 is 1.12 bits per heavy atom. The lowest BCUT2D eigenvalue weighted by Gasteiger charge is -2.24. The number of rotatable bonds is 12. The van der Waals surface area contributed by atoms with E-state index in [9.17, 15) is 13.2 Å². The van der Waals surface area contributed by atoms with Gasteiger partial charge in [0.2, 0.25) is 10.0 Å². The Morgan fingerprint density at radius 2 is 1.82 bits per heavy atom. The molecule has 0 spiro atoms. The van der Waals surface area contributed by atoms with Crippen LogP contribution in [0, 0.1) is 0 Å². The van der Waals surface area contributed by atoms with Crippen molar-refractivity contribution < 1.29 is 27.8 Å². The van der Waals surface area contributed by atoms with E-state index < -0.39 is 16.0 Å². The first kappa shape index (κ1) is 24.9. The van der Waals surface area contributed by atoms with Gasteiger partial charge in [0.15, 0.2) is 5.75 Å². The average Bonchev–Trinajstić information content (AvgIpc) is 2.80. The van der Waals surface area contributed by atoms with E-state index in [1.165, 1.54) is 0 Å². The first-order valence-electron chi connectivity index (χ1n) is 11.4. The molecular formula is C24H32N2O6S. The van der Waals surface area contributed by atoms with Crippen molar-refractivity contribution in [2.75, 3.05) is 23.6 Å². The standard InChI is InChI=1S/C24H32N2O6S/c1-2-3-17-33(29,30)26-24-18(7-12-23(27)28)5-4-6-22(24)32-20-10-8-19(9-11-20)31-21-13-15-25-16-14-21/h4-6,8-11,21,25-26H,2-3,7,12-17H2,1H3,(H,27,28). The van der Waals surface area contributed by atoms with Crippen molar-refractivity contribution in [1.82, 2.24) is 5.32 Å². The maximum absolute atomic E-state index is 12.6. The number of aryl methyl sites for hydroxylation is 1. The number of carboxylic acid groups (broad SMARTS) is 1. The van der Waals surface area contributed by atoms with Crippen LogP contribution < -0.4 is 19.5 Å². The molecule has 1 saturated heterocycles. The number of ether oxygens (including phenoxy) is 2. The number of carbonyl (C=O) groups is 1. The highest BCUT2D eigenvalue weighted by molar-refractivity contribution is 7.92. The molecule has 0 atom stereocenters. The van der Waals surface area contributed by atoms with E-state index in [4.69, 9.17) is 14.6 Å². The monoisotopic (exact) mass is 476 g/mol. The van der Waals surface area contributed by atoms with Crippen LogP contribution >= 0.6 is 0 Å². The number of unbranched alkanes of at least 4 members (excludes halogenated alkanes) is 1. The van der Waals surface area contributed by atoms with Gasteiger partial charge in [-0.15, -0.1) is 0 Å². The average molecular weight is 477 g/mol. The van der Waals surface area contributed by atoms with Crippen LogP contribution in [0.5, 0.6) is 17.2 Å². The van der Waals surface area contributed by atoms with Crippen LogP contribution in [0.1, 0.15) is 44.6 Å². The second kappa shape index (κ2) is 11.9. The maximum Gasteiger partial charge on any atom is 0.303 e. The van der Waals surface area contributed by atoms with Crippen LogP contribution in [0.25, 0.3) is 0 Å². The number of aliphatic carboxylic acids is 1. The van der Waals surface area contributed by atoms with E-state index in [0.717, 1.165) is 38.1 Å². The van der Waals surface area contributed by atoms with Gasteiger partial charge in [-0.1, -0.05) is 25.5 Å². The molecule has 1 aliphatic heterocycles. The lowest BCUT2D eigenvalue weighted by Crippen LogP contribution is -2.34. The van der Waals surface area contributed by atoms with Crippen LogP contribution in [-0.2, 0) is 21.2 Å². The molecule has 1 fully saturated rings. The third-order valence-electron chi connectivity index (χ3n) is 5.39. The van der Waals surface area contributed by atoms with Crippen molar-refractivity contribution in [2.24, 2.45) is 0 Å². The number of para-hydroxylation sites is 1. The van der Waals surface area contributed by atoms with Gasteiger partial charge in [-0.2, -0.15) is 0 Å². The van der Waals surface area contributed by atoms with Gasteiger partial charge in [-0.25, -0.2) is 8.42 Å². The summed E-state index contributed by atoms with van der Waals surface area (Å²) in [4.78, 5) is 11.1. The van der Waals surface area contributed by atoms with Gasteiger partial charge in [0.05, 0.1) is 11.4 Å². The molecule has 33 heavy (non-hydrogen) atoms. The third kappa shape index (κ3) is 7.94. The van der Waals surface area contributed by atoms with Gasteiger partial charge in [0.25, 0.3) is 0 Å². The molecule has 3 N–H and O–H groups in total. The number of sulfonamides is 1. The molecule has 1 aliphatic rings. The minimum atomic E-state index is -3.60. The van der Waals surface area contributed by atoms with Crippen molar-refractivity contribution in [3.63, 3.8) is 0 Å². The largest absolute Gasteiger partial charge is 0.490 e. The summed E-state index contributed by atoms with van der Waals surface area (Å²) in [6.07, 6.45) is 3.45. The lowest BCUT2D eigenvalue weighted by molar-refractivity contribution is -0.136. The Kier molecular flexibility index (Phi) is 8.96. The van der Waals surface area contributed by atoms with Crippen LogP contribution in [-0.4, -0.2) is 44.4 Å². The summed E-state index contributed by atoms with van der Waals surface area (Å²) < 4.78 is 39.8. The molecule has 0 saturated carbocycles. The molecule has 9 heteroatoms. The molecule has 180 valence electrons. The van der Waals surface area contributed by atoms with Crippen LogP contribution in [0.2, 0.25) is 0 Å². The number of hydrogen-bond donors (Lipinski definition) is 3. The zero-order chi connectivity index (χ0) is 23.7. The smallest absolute Gasteiger partial charge is 0.303 e. The summed E-state index contributed by atoms with van der Waals surface area (Å²) in [5.41, 5.74) is 0.853. The summed E-state index contributed by atoms with van der Waals surface area (Å²) in [7, 11) is -3.60. The number of anilines is 1. The zero-order valence-electron chi connectivity index (χ0n) is 18.9. The summed E-state index contributed by atoms with van der Waals surface area (Å²) in [6, 6.07) is 12.3. The van der Waals surface area contributed by atoms with Gasteiger partial charge in [0.1, 0.15) is 17.6 Å². The first-order chi connectivity index (χ1) is 15.9. The number of nitrogens with one attached hydrogen (secondary N) is 2. The fourth-order valence-electron chi connectivity index (χ4n) is 3.59. The Bertz CT molecular complexity index is 1020. The maximum atomic E-state index is 12.6. The predicted octanol–water partition coefficient (Wildman–Crippen LogP) is 4.17. The van der Waals surface area contributed by atoms with Crippen molar-refractivity contribution in [3.05, 3.63) is 48.0 Å². The molecule has 0 unspecified atom stereocenters. The number of carboxylic acids is 1. The first-order valence-corrected chi connectivity index (χ1v) is 13.0. The normalized spacial score (nSPS) is 14.6. The van der Waals surface area contributed by atoms with E-state index in [1.807, 2.05) is 19.1 Å². The Labute approximate surface area is 195 Å². The summed E-state index contributed by atoms with van der Waals surface area (Å²) >= 11 is 0. The Hall–Kier alpha value is -2.78. The molecule has 0 bridgehead atoms. The van der Waals surface area contributed by atoms with E-state index >= 15 is 0 Å². The predicted molar refractivity (Wildman–Crippen MR) is 128 cm³/mol. The molecule has 2 aromatic rings. The zero-order valence-corrected chi connectivity index (χ0v) is 19.7. The second-order valence-corrected chi connectivity index (χ2v) is 9.94. The van der Waals surface area contributed by atoms with Crippen molar-refractivity contribution in [1.29, 1.82) is 0 Å². The lowest BCUT2D eigenvalue weighted by atomic mass is 10.1. The third-order valence-corrected chi connectivity index (χ3v) is 6.73. The summed E-state index contributed by atoms with van der Waals surface area (Å²) in [6.45, 7) is 3.81.